The van der Waals surface area contributed by atoms with Crippen LogP contribution in [0.25, 0.3) is 0 Å². The molecule has 0 saturated heterocycles. The van der Waals surface area contributed by atoms with Crippen LogP contribution >= 0.6 is 0 Å². The van der Waals surface area contributed by atoms with Gasteiger partial charge in [0.25, 0.3) is 0 Å². The van der Waals surface area contributed by atoms with Crippen molar-refractivity contribution < 1.29 is 24.2 Å². The van der Waals surface area contributed by atoms with Crippen LogP contribution < -0.4 is 4.74 Å². The molecule has 19 heavy (non-hydrogen) atoms. The number of hydrogen-bond acceptors (Lipinski definition) is 4. The zero-order chi connectivity index (χ0) is 13.8. The van der Waals surface area contributed by atoms with Gasteiger partial charge in [0.1, 0.15) is 17.6 Å². The van der Waals surface area contributed by atoms with Crippen molar-refractivity contribution in [1.29, 1.82) is 0 Å². The van der Waals surface area contributed by atoms with E-state index in [1.54, 1.807) is 24.3 Å². The van der Waals surface area contributed by atoms with Crippen LogP contribution in [-0.4, -0.2) is 22.8 Å². The molecule has 1 atom stereocenters. The number of furan rings is 1. The molecule has 2 aromatic rings. The summed E-state index contributed by atoms with van der Waals surface area (Å²) in [4.78, 5) is 10.7. The minimum Gasteiger partial charge on any atom is -0.494 e. The van der Waals surface area contributed by atoms with Crippen LogP contribution in [0.15, 0.2) is 40.8 Å². The van der Waals surface area contributed by atoms with Crippen molar-refractivity contribution in [3.63, 3.8) is 0 Å². The maximum absolute atomic E-state index is 10.7. The SMILES string of the molecule is CCOc1ccc(C(O)c2ccc(C(=O)O)o2)cc1. The Morgan fingerprint density at radius 2 is 1.95 bits per heavy atom. The molecule has 100 valence electrons. The Labute approximate surface area is 110 Å². The van der Waals surface area contributed by atoms with Crippen LogP contribution in [-0.2, 0) is 0 Å². The van der Waals surface area contributed by atoms with Gasteiger partial charge in [-0.05, 0) is 36.8 Å². The molecule has 1 aromatic heterocycles. The molecule has 1 unspecified atom stereocenters. The number of hydrogen-bond donors (Lipinski definition) is 2. The zero-order valence-corrected chi connectivity index (χ0v) is 10.4. The van der Waals surface area contributed by atoms with Crippen LogP contribution in [0.5, 0.6) is 5.75 Å². The van der Waals surface area contributed by atoms with E-state index in [9.17, 15) is 9.90 Å². The van der Waals surface area contributed by atoms with Crippen molar-refractivity contribution in [3.05, 3.63) is 53.5 Å². The van der Waals surface area contributed by atoms with Gasteiger partial charge in [-0.3, -0.25) is 0 Å². The van der Waals surface area contributed by atoms with Gasteiger partial charge in [0.2, 0.25) is 5.76 Å². The van der Waals surface area contributed by atoms with Gasteiger partial charge in [0.15, 0.2) is 0 Å². The quantitative estimate of drug-likeness (QED) is 0.865. The lowest BCUT2D eigenvalue weighted by Gasteiger charge is -2.09. The standard InChI is InChI=1S/C14H14O5/c1-2-18-10-5-3-9(4-6-10)13(15)11-7-8-12(19-11)14(16)17/h3-8,13,15H,2H2,1H3,(H,16,17). The molecule has 0 fully saturated rings. The van der Waals surface area contributed by atoms with Crippen LogP contribution in [0.2, 0.25) is 0 Å². The molecule has 2 rings (SSSR count). The maximum Gasteiger partial charge on any atom is 0.371 e. The summed E-state index contributed by atoms with van der Waals surface area (Å²) in [6, 6.07) is 9.66. The molecule has 2 N–H and O–H groups in total. The Balaban J connectivity index is 2.17. The maximum atomic E-state index is 10.7. The van der Waals surface area contributed by atoms with E-state index in [1.807, 2.05) is 6.92 Å². The first-order chi connectivity index (χ1) is 9.11. The number of aliphatic hydroxyl groups is 1. The average Bonchev–Trinajstić information content (AvgIpc) is 2.89. The largest absolute Gasteiger partial charge is 0.494 e. The van der Waals surface area contributed by atoms with Gasteiger partial charge in [-0.25, -0.2) is 4.79 Å². The van der Waals surface area contributed by atoms with Crippen LogP contribution in [0.4, 0.5) is 0 Å². The highest BCUT2D eigenvalue weighted by Crippen LogP contribution is 2.25. The highest BCUT2D eigenvalue weighted by atomic mass is 16.5. The van der Waals surface area contributed by atoms with Crippen molar-refractivity contribution >= 4 is 5.97 Å². The summed E-state index contributed by atoms with van der Waals surface area (Å²) < 4.78 is 10.4. The molecule has 0 spiro atoms. The van der Waals surface area contributed by atoms with Crippen molar-refractivity contribution in [2.24, 2.45) is 0 Å². The first-order valence-corrected chi connectivity index (χ1v) is 5.85. The van der Waals surface area contributed by atoms with Gasteiger partial charge >= 0.3 is 5.97 Å². The van der Waals surface area contributed by atoms with Gasteiger partial charge in [-0.15, -0.1) is 0 Å². The second-order valence-corrected chi connectivity index (χ2v) is 3.91. The van der Waals surface area contributed by atoms with Gasteiger partial charge < -0.3 is 19.4 Å². The van der Waals surface area contributed by atoms with Crippen molar-refractivity contribution in [1.82, 2.24) is 0 Å². The number of benzene rings is 1. The smallest absolute Gasteiger partial charge is 0.371 e. The molecule has 5 heteroatoms. The topological polar surface area (TPSA) is 79.9 Å². The number of carboxylic acids is 1. The molecule has 1 aromatic carbocycles. The lowest BCUT2D eigenvalue weighted by molar-refractivity contribution is 0.0655. The van der Waals surface area contributed by atoms with Crippen molar-refractivity contribution in [3.8, 4) is 5.75 Å². The Kier molecular flexibility index (Phi) is 3.87. The summed E-state index contributed by atoms with van der Waals surface area (Å²) in [6.07, 6.45) is -0.997. The van der Waals surface area contributed by atoms with E-state index in [4.69, 9.17) is 14.3 Å². The molecule has 0 aliphatic rings. The molecule has 0 radical (unpaired) electrons. The summed E-state index contributed by atoms with van der Waals surface area (Å²) in [5, 5.41) is 18.8. The molecule has 0 aliphatic carbocycles. The second kappa shape index (κ2) is 5.58. The molecule has 5 nitrogen and oxygen atoms in total. The third-order valence-electron chi connectivity index (χ3n) is 2.61. The van der Waals surface area contributed by atoms with Crippen LogP contribution in [0.1, 0.15) is 34.9 Å². The highest BCUT2D eigenvalue weighted by Gasteiger charge is 2.17. The third-order valence-corrected chi connectivity index (χ3v) is 2.61. The summed E-state index contributed by atoms with van der Waals surface area (Å²) in [6.45, 7) is 2.46. The molecule has 0 amide bonds. The number of carboxylic acid groups (broad SMARTS) is 1. The van der Waals surface area contributed by atoms with E-state index < -0.39 is 12.1 Å². The third kappa shape index (κ3) is 2.95. The van der Waals surface area contributed by atoms with Crippen LogP contribution in [0, 0.1) is 0 Å². The Hall–Kier alpha value is -2.27. The lowest BCUT2D eigenvalue weighted by Crippen LogP contribution is -1.99. The molecular weight excluding hydrogens is 248 g/mol. The molecular formula is C14H14O5. The van der Waals surface area contributed by atoms with Crippen molar-refractivity contribution in [2.45, 2.75) is 13.0 Å². The highest BCUT2D eigenvalue weighted by molar-refractivity contribution is 5.84. The van der Waals surface area contributed by atoms with E-state index in [2.05, 4.69) is 0 Å². The number of carbonyl (C=O) groups is 1. The fourth-order valence-corrected chi connectivity index (χ4v) is 1.69. The predicted molar refractivity (Wildman–Crippen MR) is 67.3 cm³/mol. The predicted octanol–water partition coefficient (Wildman–Crippen LogP) is 2.46. The van der Waals surface area contributed by atoms with E-state index >= 15 is 0 Å². The number of ether oxygens (including phenoxy) is 1. The normalized spacial score (nSPS) is 12.1. The first-order valence-electron chi connectivity index (χ1n) is 5.85. The van der Waals surface area contributed by atoms with Crippen molar-refractivity contribution in [2.75, 3.05) is 6.61 Å². The van der Waals surface area contributed by atoms with E-state index in [0.29, 0.717) is 17.9 Å². The number of aliphatic hydroxyl groups excluding tert-OH is 1. The van der Waals surface area contributed by atoms with Gasteiger partial charge in [0.05, 0.1) is 6.61 Å². The first kappa shape index (κ1) is 13.2. The fourth-order valence-electron chi connectivity index (χ4n) is 1.69. The Morgan fingerprint density at radius 1 is 1.26 bits per heavy atom. The summed E-state index contributed by atoms with van der Waals surface area (Å²) in [7, 11) is 0. The minimum absolute atomic E-state index is 0.194. The average molecular weight is 262 g/mol. The Bertz CT molecular complexity index is 555. The number of aromatic carboxylic acids is 1. The van der Waals surface area contributed by atoms with E-state index in [0.717, 1.165) is 0 Å². The zero-order valence-electron chi connectivity index (χ0n) is 10.4. The molecule has 0 bridgehead atoms. The van der Waals surface area contributed by atoms with Gasteiger partial charge in [-0.1, -0.05) is 12.1 Å². The van der Waals surface area contributed by atoms with Gasteiger partial charge in [-0.2, -0.15) is 0 Å². The van der Waals surface area contributed by atoms with Crippen LogP contribution in [0.3, 0.4) is 0 Å². The monoisotopic (exact) mass is 262 g/mol. The minimum atomic E-state index is -1.16. The molecule has 0 aliphatic heterocycles. The Morgan fingerprint density at radius 3 is 2.47 bits per heavy atom. The lowest BCUT2D eigenvalue weighted by atomic mass is 10.1. The molecule has 0 saturated carbocycles. The molecule has 1 heterocycles. The van der Waals surface area contributed by atoms with Gasteiger partial charge in [0, 0.05) is 0 Å². The summed E-state index contributed by atoms with van der Waals surface area (Å²) in [5.74, 6) is -0.448. The second-order valence-electron chi connectivity index (χ2n) is 3.91. The van der Waals surface area contributed by atoms with E-state index in [1.165, 1.54) is 12.1 Å². The summed E-state index contributed by atoms with van der Waals surface area (Å²) in [5.41, 5.74) is 0.606. The fraction of sp³-hybridized carbons (Fsp3) is 0.214. The van der Waals surface area contributed by atoms with E-state index in [-0.39, 0.29) is 11.5 Å². The summed E-state index contributed by atoms with van der Waals surface area (Å²) >= 11 is 0. The number of rotatable bonds is 5.